The highest BCUT2D eigenvalue weighted by atomic mass is 32.2. The fourth-order valence-corrected chi connectivity index (χ4v) is 5.89. The lowest BCUT2D eigenvalue weighted by Crippen LogP contribution is -2.55. The van der Waals surface area contributed by atoms with Gasteiger partial charge in [0, 0.05) is 50.0 Å². The highest BCUT2D eigenvalue weighted by Crippen LogP contribution is 2.29. The number of hydrogen-bond donors (Lipinski definition) is 0. The molecule has 0 aliphatic carbocycles. The second-order valence-electron chi connectivity index (χ2n) is 10.2. The van der Waals surface area contributed by atoms with Crippen molar-refractivity contribution in [2.24, 2.45) is 0 Å². The Kier molecular flexibility index (Phi) is 9.01. The van der Waals surface area contributed by atoms with Crippen LogP contribution in [-0.4, -0.2) is 67.8 Å². The molecule has 8 nitrogen and oxygen atoms in total. The maximum atomic E-state index is 13.0. The molecule has 4 aromatic rings. The van der Waals surface area contributed by atoms with Crippen molar-refractivity contribution in [2.75, 3.05) is 25.4 Å². The second-order valence-corrected chi connectivity index (χ2v) is 11.2. The van der Waals surface area contributed by atoms with Gasteiger partial charge in [0.2, 0.25) is 17.6 Å². The Labute approximate surface area is 239 Å². The summed E-state index contributed by atoms with van der Waals surface area (Å²) in [5.41, 5.74) is 3.31. The number of piperazine rings is 1. The Bertz CT molecular complexity index is 1400. The fourth-order valence-electron chi connectivity index (χ4n) is 4.99. The normalized spacial score (nSPS) is 15.4. The molecule has 0 radical (unpaired) electrons. The minimum atomic E-state index is 0.0171. The van der Waals surface area contributed by atoms with Crippen molar-refractivity contribution in [1.29, 1.82) is 0 Å². The molecule has 0 saturated carbocycles. The van der Waals surface area contributed by atoms with Crippen molar-refractivity contribution in [3.8, 4) is 17.3 Å². The summed E-state index contributed by atoms with van der Waals surface area (Å²) in [7, 11) is 0. The van der Waals surface area contributed by atoms with E-state index in [-0.39, 0.29) is 17.9 Å². The van der Waals surface area contributed by atoms with Gasteiger partial charge >= 0.3 is 0 Å². The molecule has 1 unspecified atom stereocenters. The number of hydrogen-bond acceptors (Lipinski definition) is 6. The molecule has 2 aromatic heterocycles. The molecule has 1 saturated heterocycles. The molecule has 40 heavy (non-hydrogen) atoms. The Hall–Kier alpha value is -3.85. The molecule has 3 heterocycles. The number of benzene rings is 2. The SMILES string of the molecule is Cc1ccc(-n2c(SCCCC(=O)N3CCN(C(=O)CCc4ccccc4)C(C)C3)nnc2-c2ccco2)cc1. The molecule has 5 rings (SSSR count). The van der Waals surface area contributed by atoms with Crippen molar-refractivity contribution >= 4 is 23.6 Å². The van der Waals surface area contributed by atoms with Crippen LogP contribution < -0.4 is 0 Å². The maximum absolute atomic E-state index is 13.0. The molecule has 1 aliphatic heterocycles. The van der Waals surface area contributed by atoms with E-state index in [0.717, 1.165) is 29.4 Å². The minimum absolute atomic E-state index is 0.0171. The van der Waals surface area contributed by atoms with Gasteiger partial charge in [0.1, 0.15) is 0 Å². The van der Waals surface area contributed by atoms with Crippen molar-refractivity contribution in [3.63, 3.8) is 0 Å². The van der Waals surface area contributed by atoms with Gasteiger partial charge in [-0.15, -0.1) is 10.2 Å². The van der Waals surface area contributed by atoms with Gasteiger partial charge in [-0.2, -0.15) is 0 Å². The van der Waals surface area contributed by atoms with Crippen LogP contribution in [0.1, 0.15) is 37.3 Å². The van der Waals surface area contributed by atoms with Crippen LogP contribution in [0.5, 0.6) is 0 Å². The topological polar surface area (TPSA) is 84.5 Å². The quantitative estimate of drug-likeness (QED) is 0.192. The van der Waals surface area contributed by atoms with Crippen LogP contribution in [0.25, 0.3) is 17.3 Å². The standard InChI is InChI=1S/C31H35N5O3S/c1-23-12-15-26(16-13-23)36-30(27-10-6-20-39-27)32-33-31(36)40-21-7-11-28(37)34-18-19-35(24(2)22-34)29(38)17-14-25-8-4-3-5-9-25/h3-6,8-10,12-13,15-16,20,24H,7,11,14,17-19,21-22H2,1-2H3. The number of carbonyl (C=O) groups excluding carboxylic acids is 2. The van der Waals surface area contributed by atoms with Gasteiger partial charge in [0.15, 0.2) is 10.9 Å². The number of nitrogens with zero attached hydrogens (tertiary/aromatic N) is 5. The fraction of sp³-hybridized carbons (Fsp3) is 0.355. The second kappa shape index (κ2) is 13.0. The molecule has 2 amide bonds. The zero-order chi connectivity index (χ0) is 27.9. The van der Waals surface area contributed by atoms with Crippen molar-refractivity contribution in [3.05, 3.63) is 84.1 Å². The van der Waals surface area contributed by atoms with Gasteiger partial charge in [0.25, 0.3) is 0 Å². The summed E-state index contributed by atoms with van der Waals surface area (Å²) in [4.78, 5) is 29.6. The lowest BCUT2D eigenvalue weighted by molar-refractivity contribution is -0.142. The smallest absolute Gasteiger partial charge is 0.223 e. The van der Waals surface area contributed by atoms with Gasteiger partial charge < -0.3 is 14.2 Å². The lowest BCUT2D eigenvalue weighted by Gasteiger charge is -2.40. The largest absolute Gasteiger partial charge is 0.461 e. The van der Waals surface area contributed by atoms with Crippen molar-refractivity contribution in [1.82, 2.24) is 24.6 Å². The van der Waals surface area contributed by atoms with Crippen LogP contribution in [0, 0.1) is 6.92 Å². The molecule has 9 heteroatoms. The predicted molar refractivity (Wildman–Crippen MR) is 156 cm³/mol. The first-order chi connectivity index (χ1) is 19.5. The Morgan fingerprint density at radius 2 is 1.75 bits per heavy atom. The molecule has 1 aliphatic rings. The van der Waals surface area contributed by atoms with Gasteiger partial charge in [-0.3, -0.25) is 14.2 Å². The molecule has 0 bridgehead atoms. The summed E-state index contributed by atoms with van der Waals surface area (Å²) in [5, 5.41) is 9.59. The van der Waals surface area contributed by atoms with E-state index in [2.05, 4.69) is 41.4 Å². The highest BCUT2D eigenvalue weighted by Gasteiger charge is 2.29. The highest BCUT2D eigenvalue weighted by molar-refractivity contribution is 7.99. The third-order valence-corrected chi connectivity index (χ3v) is 8.22. The molecule has 1 atom stereocenters. The number of aromatic nitrogens is 3. The molecule has 0 spiro atoms. The molecule has 208 valence electrons. The van der Waals surface area contributed by atoms with Crippen LogP contribution in [0.15, 0.2) is 82.6 Å². The van der Waals surface area contributed by atoms with Gasteiger partial charge in [-0.05, 0) is 56.5 Å². The molecule has 2 aromatic carbocycles. The number of amides is 2. The zero-order valence-electron chi connectivity index (χ0n) is 23.0. The lowest BCUT2D eigenvalue weighted by atomic mass is 10.1. The van der Waals surface area contributed by atoms with Crippen molar-refractivity contribution in [2.45, 2.75) is 50.7 Å². The van der Waals surface area contributed by atoms with E-state index in [1.54, 1.807) is 18.0 Å². The Morgan fingerprint density at radius 3 is 2.48 bits per heavy atom. The summed E-state index contributed by atoms with van der Waals surface area (Å²) >= 11 is 1.59. The first-order valence-electron chi connectivity index (χ1n) is 13.8. The average Bonchev–Trinajstić information content (AvgIpc) is 3.65. The van der Waals surface area contributed by atoms with Crippen molar-refractivity contribution < 1.29 is 14.0 Å². The van der Waals surface area contributed by atoms with E-state index in [1.807, 2.05) is 63.8 Å². The van der Waals surface area contributed by atoms with Crippen LogP contribution in [-0.2, 0) is 16.0 Å². The molecule has 1 fully saturated rings. The summed E-state index contributed by atoms with van der Waals surface area (Å²) in [6.45, 7) is 5.84. The molecular formula is C31H35N5O3S. The molecular weight excluding hydrogens is 522 g/mol. The third kappa shape index (κ3) is 6.65. The first kappa shape index (κ1) is 27.7. The van der Waals surface area contributed by atoms with E-state index < -0.39 is 0 Å². The third-order valence-electron chi connectivity index (χ3n) is 7.20. The summed E-state index contributed by atoms with van der Waals surface area (Å²) in [6.07, 6.45) is 4.05. The Balaban J connectivity index is 1.11. The number of thioether (sulfide) groups is 1. The minimum Gasteiger partial charge on any atom is -0.461 e. The van der Waals surface area contributed by atoms with E-state index in [9.17, 15) is 9.59 Å². The predicted octanol–water partition coefficient (Wildman–Crippen LogP) is 5.40. The van der Waals surface area contributed by atoms with Crippen LogP contribution in [0.2, 0.25) is 0 Å². The van der Waals surface area contributed by atoms with Gasteiger partial charge in [-0.1, -0.05) is 59.8 Å². The van der Waals surface area contributed by atoms with E-state index in [1.165, 1.54) is 11.1 Å². The first-order valence-corrected chi connectivity index (χ1v) is 14.8. The number of rotatable bonds is 10. The summed E-state index contributed by atoms with van der Waals surface area (Å²) in [6, 6.07) is 22.0. The van der Waals surface area contributed by atoms with E-state index >= 15 is 0 Å². The summed E-state index contributed by atoms with van der Waals surface area (Å²) < 4.78 is 7.60. The van der Waals surface area contributed by atoms with Crippen LogP contribution in [0.4, 0.5) is 0 Å². The number of furan rings is 1. The molecule has 0 N–H and O–H groups in total. The number of carbonyl (C=O) groups is 2. The monoisotopic (exact) mass is 557 g/mol. The Morgan fingerprint density at radius 1 is 0.950 bits per heavy atom. The van der Waals surface area contributed by atoms with Gasteiger partial charge in [0.05, 0.1) is 6.26 Å². The maximum Gasteiger partial charge on any atom is 0.223 e. The average molecular weight is 558 g/mol. The van der Waals surface area contributed by atoms with E-state index in [0.29, 0.717) is 44.1 Å². The summed E-state index contributed by atoms with van der Waals surface area (Å²) in [5.74, 6) is 2.34. The van der Waals surface area contributed by atoms with Crippen LogP contribution in [0.3, 0.4) is 0 Å². The zero-order valence-corrected chi connectivity index (χ0v) is 23.8. The van der Waals surface area contributed by atoms with Crippen LogP contribution >= 0.6 is 11.8 Å². The van der Waals surface area contributed by atoms with E-state index in [4.69, 9.17) is 4.42 Å². The number of aryl methyl sites for hydroxylation is 2. The van der Waals surface area contributed by atoms with Gasteiger partial charge in [-0.25, -0.2) is 0 Å².